The van der Waals surface area contributed by atoms with Crippen molar-refractivity contribution in [3.8, 4) is 0 Å². The van der Waals surface area contributed by atoms with Gasteiger partial charge in [0.1, 0.15) is 11.9 Å². The van der Waals surface area contributed by atoms with E-state index in [4.69, 9.17) is 11.6 Å². The molecule has 1 aromatic rings. The van der Waals surface area contributed by atoms with Gasteiger partial charge in [0.25, 0.3) is 5.91 Å². The van der Waals surface area contributed by atoms with E-state index in [1.807, 2.05) is 0 Å². The van der Waals surface area contributed by atoms with Crippen LogP contribution in [0.4, 0.5) is 4.39 Å². The predicted molar refractivity (Wildman–Crippen MR) is 69.5 cm³/mol. The molecule has 0 radical (unpaired) electrons. The first-order valence-electron chi connectivity index (χ1n) is 6.03. The first-order chi connectivity index (χ1) is 8.97. The van der Waals surface area contributed by atoms with E-state index in [2.05, 4.69) is 10.6 Å². The van der Waals surface area contributed by atoms with Crippen molar-refractivity contribution in [1.82, 2.24) is 10.6 Å². The summed E-state index contributed by atoms with van der Waals surface area (Å²) in [5, 5.41) is 5.48. The van der Waals surface area contributed by atoms with Crippen molar-refractivity contribution in [2.75, 3.05) is 0 Å². The van der Waals surface area contributed by atoms with E-state index >= 15 is 0 Å². The van der Waals surface area contributed by atoms with Gasteiger partial charge in [-0.25, -0.2) is 4.39 Å². The molecule has 1 unspecified atom stereocenters. The summed E-state index contributed by atoms with van der Waals surface area (Å²) in [6, 6.07) is 3.21. The van der Waals surface area contributed by atoms with Gasteiger partial charge >= 0.3 is 0 Å². The molecule has 6 heteroatoms. The maximum absolute atomic E-state index is 13.5. The van der Waals surface area contributed by atoms with E-state index in [1.165, 1.54) is 12.1 Å². The molecule has 0 saturated heterocycles. The quantitative estimate of drug-likeness (QED) is 0.887. The highest BCUT2D eigenvalue weighted by atomic mass is 35.5. The maximum Gasteiger partial charge on any atom is 0.254 e. The zero-order valence-corrected chi connectivity index (χ0v) is 11.1. The summed E-state index contributed by atoms with van der Waals surface area (Å²) in [6.45, 7) is 1.55. The zero-order valence-electron chi connectivity index (χ0n) is 10.4. The topological polar surface area (TPSA) is 58.2 Å². The Morgan fingerprint density at radius 3 is 2.74 bits per heavy atom. The first-order valence-corrected chi connectivity index (χ1v) is 6.41. The summed E-state index contributed by atoms with van der Waals surface area (Å²) in [6.07, 6.45) is 1.94. The SMILES string of the molecule is CC(NC(=O)c1cc(Cl)ccc1F)C(=O)NC1CC1. The molecule has 102 valence electrons. The molecule has 0 aromatic heterocycles. The molecule has 2 N–H and O–H groups in total. The lowest BCUT2D eigenvalue weighted by molar-refractivity contribution is -0.122. The van der Waals surface area contributed by atoms with Gasteiger partial charge in [0, 0.05) is 11.1 Å². The summed E-state index contributed by atoms with van der Waals surface area (Å²) in [7, 11) is 0. The lowest BCUT2D eigenvalue weighted by Crippen LogP contribution is -2.45. The van der Waals surface area contributed by atoms with E-state index in [9.17, 15) is 14.0 Å². The maximum atomic E-state index is 13.5. The number of carbonyl (C=O) groups is 2. The molecule has 0 heterocycles. The average molecular weight is 285 g/mol. The average Bonchev–Trinajstić information content (AvgIpc) is 3.15. The lowest BCUT2D eigenvalue weighted by Gasteiger charge is -2.14. The monoisotopic (exact) mass is 284 g/mol. The minimum Gasteiger partial charge on any atom is -0.352 e. The van der Waals surface area contributed by atoms with Crippen LogP contribution in [0, 0.1) is 5.82 Å². The van der Waals surface area contributed by atoms with Crippen molar-refractivity contribution >= 4 is 23.4 Å². The standard InChI is InChI=1S/C13H14ClFN2O2/c1-7(12(18)17-9-3-4-9)16-13(19)10-6-8(14)2-5-11(10)15/h2,5-7,9H,3-4H2,1H3,(H,16,19)(H,17,18). The van der Waals surface area contributed by atoms with Gasteiger partial charge in [-0.1, -0.05) is 11.6 Å². The van der Waals surface area contributed by atoms with E-state index < -0.39 is 17.8 Å². The lowest BCUT2D eigenvalue weighted by atomic mass is 10.2. The third kappa shape index (κ3) is 3.67. The summed E-state index contributed by atoms with van der Waals surface area (Å²) in [4.78, 5) is 23.5. The highest BCUT2D eigenvalue weighted by Crippen LogP contribution is 2.18. The van der Waals surface area contributed by atoms with Crippen LogP contribution in [0.3, 0.4) is 0 Å². The first kappa shape index (κ1) is 13.8. The smallest absolute Gasteiger partial charge is 0.254 e. The summed E-state index contributed by atoms with van der Waals surface area (Å²) in [5.41, 5.74) is -0.168. The molecule has 0 bridgehead atoms. The van der Waals surface area contributed by atoms with Crippen LogP contribution in [0.1, 0.15) is 30.1 Å². The third-order valence-corrected chi connectivity index (χ3v) is 3.07. The van der Waals surface area contributed by atoms with E-state index in [1.54, 1.807) is 6.92 Å². The molecule has 1 fully saturated rings. The number of hydrogen-bond acceptors (Lipinski definition) is 2. The second-order valence-electron chi connectivity index (χ2n) is 4.60. The Morgan fingerprint density at radius 2 is 2.11 bits per heavy atom. The van der Waals surface area contributed by atoms with Gasteiger partial charge in [0.15, 0.2) is 0 Å². The number of rotatable bonds is 4. The Kier molecular flexibility index (Phi) is 4.04. The van der Waals surface area contributed by atoms with Crippen molar-refractivity contribution in [3.63, 3.8) is 0 Å². The van der Waals surface area contributed by atoms with Gasteiger partial charge in [-0.2, -0.15) is 0 Å². The van der Waals surface area contributed by atoms with Gasteiger partial charge in [0.05, 0.1) is 5.56 Å². The molecule has 4 nitrogen and oxygen atoms in total. The second-order valence-corrected chi connectivity index (χ2v) is 5.04. The van der Waals surface area contributed by atoms with Gasteiger partial charge < -0.3 is 10.6 Å². The molecule has 0 spiro atoms. The highest BCUT2D eigenvalue weighted by Gasteiger charge is 2.26. The van der Waals surface area contributed by atoms with Crippen LogP contribution in [-0.4, -0.2) is 23.9 Å². The zero-order chi connectivity index (χ0) is 14.0. The summed E-state index contributed by atoms with van der Waals surface area (Å²) >= 11 is 5.71. The van der Waals surface area contributed by atoms with Crippen molar-refractivity contribution in [3.05, 3.63) is 34.6 Å². The minimum atomic E-state index is -0.716. The molecular formula is C13H14ClFN2O2. The summed E-state index contributed by atoms with van der Waals surface area (Å²) < 4.78 is 13.5. The van der Waals surface area contributed by atoms with Crippen LogP contribution < -0.4 is 10.6 Å². The van der Waals surface area contributed by atoms with Crippen LogP contribution in [-0.2, 0) is 4.79 Å². The number of benzene rings is 1. The normalized spacial score (nSPS) is 15.7. The van der Waals surface area contributed by atoms with Gasteiger partial charge in [-0.15, -0.1) is 0 Å². The van der Waals surface area contributed by atoms with Crippen LogP contribution in [0.15, 0.2) is 18.2 Å². The van der Waals surface area contributed by atoms with Crippen molar-refractivity contribution in [2.24, 2.45) is 0 Å². The fraction of sp³-hybridized carbons (Fsp3) is 0.385. The fourth-order valence-corrected chi connectivity index (χ4v) is 1.74. The molecule has 2 amide bonds. The van der Waals surface area contributed by atoms with Gasteiger partial charge in [0.2, 0.25) is 5.91 Å². The molecule has 1 aliphatic rings. The van der Waals surface area contributed by atoms with E-state index in [-0.39, 0.29) is 22.5 Å². The molecule has 1 aliphatic carbocycles. The molecule has 1 saturated carbocycles. The number of nitrogens with one attached hydrogen (secondary N) is 2. The molecular weight excluding hydrogens is 271 g/mol. The minimum absolute atomic E-state index is 0.168. The van der Waals surface area contributed by atoms with E-state index in [0.29, 0.717) is 0 Å². The van der Waals surface area contributed by atoms with Crippen LogP contribution in [0.2, 0.25) is 5.02 Å². The number of halogens is 2. The van der Waals surface area contributed by atoms with Crippen molar-refractivity contribution in [2.45, 2.75) is 31.8 Å². The highest BCUT2D eigenvalue weighted by molar-refractivity contribution is 6.31. The van der Waals surface area contributed by atoms with Crippen LogP contribution in [0.25, 0.3) is 0 Å². The fourth-order valence-electron chi connectivity index (χ4n) is 1.57. The van der Waals surface area contributed by atoms with Crippen LogP contribution in [0.5, 0.6) is 0 Å². The Balaban J connectivity index is 1.99. The molecule has 1 atom stereocenters. The Hall–Kier alpha value is -1.62. The summed E-state index contributed by atoms with van der Waals surface area (Å²) in [5.74, 6) is -1.59. The molecule has 0 aliphatic heterocycles. The Morgan fingerprint density at radius 1 is 1.42 bits per heavy atom. The second kappa shape index (κ2) is 5.57. The van der Waals surface area contributed by atoms with Crippen molar-refractivity contribution in [1.29, 1.82) is 0 Å². The largest absolute Gasteiger partial charge is 0.352 e. The van der Waals surface area contributed by atoms with Gasteiger partial charge in [-0.3, -0.25) is 9.59 Å². The number of amides is 2. The molecule has 1 aromatic carbocycles. The van der Waals surface area contributed by atoms with E-state index in [0.717, 1.165) is 18.9 Å². The molecule has 2 rings (SSSR count). The Labute approximate surface area is 115 Å². The third-order valence-electron chi connectivity index (χ3n) is 2.84. The Bertz CT molecular complexity index is 517. The number of hydrogen-bond donors (Lipinski definition) is 2. The van der Waals surface area contributed by atoms with Gasteiger partial charge in [-0.05, 0) is 38.0 Å². The molecule has 19 heavy (non-hydrogen) atoms. The number of carbonyl (C=O) groups excluding carboxylic acids is 2. The van der Waals surface area contributed by atoms with Crippen LogP contribution >= 0.6 is 11.6 Å². The predicted octanol–water partition coefficient (Wildman–Crippen LogP) is 1.88. The van der Waals surface area contributed by atoms with Crippen molar-refractivity contribution < 1.29 is 14.0 Å².